The number of benzene rings is 1. The van der Waals surface area contributed by atoms with Gasteiger partial charge in [-0.15, -0.1) is 0 Å². The Morgan fingerprint density at radius 2 is 2.12 bits per heavy atom. The van der Waals surface area contributed by atoms with Crippen LogP contribution >= 0.6 is 11.8 Å². The fourth-order valence-electron chi connectivity index (χ4n) is 3.10. The molecule has 0 radical (unpaired) electrons. The fourth-order valence-corrected chi connectivity index (χ4v) is 3.60. The van der Waals surface area contributed by atoms with Gasteiger partial charge in [-0.1, -0.05) is 0 Å². The van der Waals surface area contributed by atoms with Crippen LogP contribution in [0.2, 0.25) is 0 Å². The average molecular weight is 340 g/mol. The van der Waals surface area contributed by atoms with E-state index in [9.17, 15) is 4.79 Å². The Morgan fingerprint density at radius 3 is 2.79 bits per heavy atom. The van der Waals surface area contributed by atoms with E-state index >= 15 is 0 Å². The number of rotatable bonds is 4. The molecule has 0 saturated heterocycles. The highest BCUT2D eigenvalue weighted by Crippen LogP contribution is 2.42. The first-order valence-corrected chi connectivity index (χ1v) is 9.56. The van der Waals surface area contributed by atoms with Crippen LogP contribution in [0.25, 0.3) is 22.2 Å². The van der Waals surface area contributed by atoms with Gasteiger partial charge in [0, 0.05) is 41.6 Å². The van der Waals surface area contributed by atoms with Crippen LogP contribution in [0.3, 0.4) is 0 Å². The van der Waals surface area contributed by atoms with Crippen molar-refractivity contribution in [3.05, 3.63) is 51.8 Å². The van der Waals surface area contributed by atoms with E-state index in [1.165, 1.54) is 18.4 Å². The maximum absolute atomic E-state index is 12.0. The van der Waals surface area contributed by atoms with Gasteiger partial charge in [-0.25, -0.2) is 4.98 Å². The molecule has 2 heterocycles. The molecule has 1 aliphatic rings. The minimum Gasteiger partial charge on any atom is -0.440 e. The predicted octanol–water partition coefficient (Wildman–Crippen LogP) is 4.24. The number of aryl methyl sites for hydroxylation is 2. The molecule has 3 aromatic rings. The highest BCUT2D eigenvalue weighted by molar-refractivity contribution is 7.97. The van der Waals surface area contributed by atoms with Crippen molar-refractivity contribution in [3.63, 3.8) is 0 Å². The van der Waals surface area contributed by atoms with Gasteiger partial charge in [0.25, 0.3) is 5.56 Å². The van der Waals surface area contributed by atoms with E-state index in [4.69, 9.17) is 9.40 Å². The number of pyridine rings is 1. The third-order valence-corrected chi connectivity index (χ3v) is 5.10. The monoisotopic (exact) mass is 340 g/mol. The molecule has 1 fully saturated rings. The van der Waals surface area contributed by atoms with Gasteiger partial charge in [-0.2, -0.15) is 11.8 Å². The van der Waals surface area contributed by atoms with Crippen molar-refractivity contribution < 1.29 is 4.42 Å². The molecular formula is C19H20N2O2S. The molecule has 0 aliphatic heterocycles. The maximum atomic E-state index is 12.0. The summed E-state index contributed by atoms with van der Waals surface area (Å²) in [6, 6.07) is 6.23. The summed E-state index contributed by atoms with van der Waals surface area (Å²) in [6.45, 7) is 1.85. The van der Waals surface area contributed by atoms with Crippen LogP contribution in [-0.4, -0.2) is 15.8 Å². The number of fused-ring (bicyclic) bond motifs is 1. The Morgan fingerprint density at radius 1 is 1.33 bits per heavy atom. The lowest BCUT2D eigenvalue weighted by Gasteiger charge is -2.09. The fraction of sp³-hybridized carbons (Fsp3) is 0.368. The lowest BCUT2D eigenvalue weighted by atomic mass is 10.0. The first-order valence-electron chi connectivity index (χ1n) is 8.16. The molecule has 4 rings (SSSR count). The second-order valence-corrected chi connectivity index (χ2v) is 7.44. The van der Waals surface area contributed by atoms with Gasteiger partial charge in [-0.05, 0) is 49.8 Å². The molecular weight excluding hydrogens is 320 g/mol. The molecule has 4 nitrogen and oxygen atoms in total. The lowest BCUT2D eigenvalue weighted by molar-refractivity contribution is 0.534. The van der Waals surface area contributed by atoms with Crippen LogP contribution in [0.15, 0.2) is 33.6 Å². The summed E-state index contributed by atoms with van der Waals surface area (Å²) >= 11 is 1.79. The summed E-state index contributed by atoms with van der Waals surface area (Å²) in [5.74, 6) is 2.27. The second-order valence-electron chi connectivity index (χ2n) is 6.58. The number of hydrogen-bond donors (Lipinski definition) is 0. The summed E-state index contributed by atoms with van der Waals surface area (Å²) in [5, 5.41) is 0. The van der Waals surface area contributed by atoms with E-state index in [0.29, 0.717) is 5.92 Å². The molecule has 0 spiro atoms. The van der Waals surface area contributed by atoms with Crippen LogP contribution in [0.5, 0.6) is 0 Å². The molecule has 0 amide bonds. The largest absolute Gasteiger partial charge is 0.440 e. The Kier molecular flexibility index (Phi) is 3.76. The summed E-state index contributed by atoms with van der Waals surface area (Å²) in [7, 11) is 1.79. The zero-order valence-corrected chi connectivity index (χ0v) is 14.9. The molecule has 0 bridgehead atoms. The summed E-state index contributed by atoms with van der Waals surface area (Å²) in [4.78, 5) is 16.7. The summed E-state index contributed by atoms with van der Waals surface area (Å²) < 4.78 is 7.75. The van der Waals surface area contributed by atoms with E-state index in [2.05, 4.69) is 18.4 Å². The SMILES string of the molecule is CSCc1cc(-c2cc(C)c(=O)n(C)c2)c2oc(C3CC3)nc2c1. The first kappa shape index (κ1) is 15.5. The number of thioether (sulfide) groups is 1. The van der Waals surface area contributed by atoms with Gasteiger partial charge in [0.05, 0.1) is 0 Å². The van der Waals surface area contributed by atoms with E-state index in [-0.39, 0.29) is 5.56 Å². The second kappa shape index (κ2) is 5.81. The Labute approximate surface area is 144 Å². The Hall–Kier alpha value is -2.01. The van der Waals surface area contributed by atoms with Crippen molar-refractivity contribution in [1.82, 2.24) is 9.55 Å². The van der Waals surface area contributed by atoms with Crippen LogP contribution in [-0.2, 0) is 12.8 Å². The average Bonchev–Trinajstić information content (AvgIpc) is 3.31. The van der Waals surface area contributed by atoms with Crippen molar-refractivity contribution in [2.75, 3.05) is 6.26 Å². The zero-order valence-electron chi connectivity index (χ0n) is 14.1. The number of hydrogen-bond acceptors (Lipinski definition) is 4. The summed E-state index contributed by atoms with van der Waals surface area (Å²) in [5.41, 5.74) is 5.78. The molecule has 5 heteroatoms. The standard InChI is InChI=1S/C19H20N2O2S/c1-11-6-14(9-21(2)19(11)22)15-7-12(10-24-3)8-16-17(15)23-18(20-16)13-4-5-13/h6-9,13H,4-5,10H2,1-3H3. The molecule has 2 aromatic heterocycles. The van der Waals surface area contributed by atoms with Gasteiger partial charge in [0.1, 0.15) is 5.52 Å². The van der Waals surface area contributed by atoms with Crippen LogP contribution in [0.4, 0.5) is 0 Å². The van der Waals surface area contributed by atoms with Crippen molar-refractivity contribution in [3.8, 4) is 11.1 Å². The topological polar surface area (TPSA) is 48.0 Å². The minimum atomic E-state index is 0.0338. The molecule has 1 aliphatic carbocycles. The van der Waals surface area contributed by atoms with Crippen LogP contribution in [0, 0.1) is 6.92 Å². The van der Waals surface area contributed by atoms with Crippen molar-refractivity contribution in [1.29, 1.82) is 0 Å². The molecule has 0 N–H and O–H groups in total. The molecule has 124 valence electrons. The minimum absolute atomic E-state index is 0.0338. The van der Waals surface area contributed by atoms with Crippen molar-refractivity contribution >= 4 is 22.9 Å². The first-order chi connectivity index (χ1) is 11.6. The number of aromatic nitrogens is 2. The van der Waals surface area contributed by atoms with Crippen LogP contribution in [0.1, 0.15) is 35.8 Å². The molecule has 1 saturated carbocycles. The number of oxazole rings is 1. The van der Waals surface area contributed by atoms with E-state index in [1.807, 2.05) is 19.2 Å². The quantitative estimate of drug-likeness (QED) is 0.713. The third kappa shape index (κ3) is 2.67. The van der Waals surface area contributed by atoms with E-state index < -0.39 is 0 Å². The molecule has 0 atom stereocenters. The number of nitrogens with zero attached hydrogens (tertiary/aromatic N) is 2. The van der Waals surface area contributed by atoms with Crippen molar-refractivity contribution in [2.24, 2.45) is 7.05 Å². The Balaban J connectivity index is 1.96. The van der Waals surface area contributed by atoms with Gasteiger partial charge in [0.2, 0.25) is 0 Å². The molecule has 0 unspecified atom stereocenters. The highest BCUT2D eigenvalue weighted by Gasteiger charge is 2.29. The van der Waals surface area contributed by atoms with Gasteiger partial charge in [0.15, 0.2) is 11.5 Å². The highest BCUT2D eigenvalue weighted by atomic mass is 32.2. The zero-order chi connectivity index (χ0) is 16.8. The maximum Gasteiger partial charge on any atom is 0.253 e. The Bertz CT molecular complexity index is 957. The van der Waals surface area contributed by atoms with Crippen LogP contribution < -0.4 is 5.56 Å². The van der Waals surface area contributed by atoms with E-state index in [1.54, 1.807) is 23.4 Å². The van der Waals surface area contributed by atoms with Gasteiger partial charge < -0.3 is 8.98 Å². The molecule has 1 aromatic carbocycles. The van der Waals surface area contributed by atoms with Gasteiger partial charge in [-0.3, -0.25) is 4.79 Å². The van der Waals surface area contributed by atoms with Gasteiger partial charge >= 0.3 is 0 Å². The normalized spacial score (nSPS) is 14.5. The summed E-state index contributed by atoms with van der Waals surface area (Å²) in [6.07, 6.45) is 6.31. The third-order valence-electron chi connectivity index (χ3n) is 4.48. The molecule has 24 heavy (non-hydrogen) atoms. The van der Waals surface area contributed by atoms with Crippen molar-refractivity contribution in [2.45, 2.75) is 31.4 Å². The predicted molar refractivity (Wildman–Crippen MR) is 98.6 cm³/mol. The smallest absolute Gasteiger partial charge is 0.253 e. The lowest BCUT2D eigenvalue weighted by Crippen LogP contribution is -2.18. The van der Waals surface area contributed by atoms with E-state index in [0.717, 1.165) is 39.4 Å².